The van der Waals surface area contributed by atoms with Gasteiger partial charge < -0.3 is 24.1 Å². The Bertz CT molecular complexity index is 1020. The number of fused-ring (bicyclic) bond motifs is 1. The molecule has 3 aromatic rings. The Morgan fingerprint density at radius 1 is 1.12 bits per heavy atom. The molecule has 0 radical (unpaired) electrons. The molecule has 0 amide bonds. The lowest BCUT2D eigenvalue weighted by Gasteiger charge is -2.10. The maximum absolute atomic E-state index is 12.6. The monoisotopic (exact) mass is 342 g/mol. The third-order valence-corrected chi connectivity index (χ3v) is 3.58. The van der Waals surface area contributed by atoms with Crippen molar-refractivity contribution in [1.29, 1.82) is 0 Å². The number of hydrogen-bond acceptors (Lipinski definition) is 7. The summed E-state index contributed by atoms with van der Waals surface area (Å²) >= 11 is 0. The molecule has 0 fully saturated rings. The summed E-state index contributed by atoms with van der Waals surface area (Å²) in [6.45, 7) is 1.53. The van der Waals surface area contributed by atoms with Crippen LogP contribution in [0.3, 0.4) is 0 Å². The number of carbonyl (C=O) groups is 1. The third kappa shape index (κ3) is 2.99. The van der Waals surface area contributed by atoms with Gasteiger partial charge in [-0.1, -0.05) is 0 Å². The quantitative estimate of drug-likeness (QED) is 0.704. The lowest BCUT2D eigenvalue weighted by molar-refractivity contribution is 0.0600. The van der Waals surface area contributed by atoms with Crippen LogP contribution in [0.15, 0.2) is 45.6 Å². The molecule has 1 aromatic heterocycles. The van der Waals surface area contributed by atoms with Gasteiger partial charge in [-0.25, -0.2) is 4.79 Å². The van der Waals surface area contributed by atoms with Crippen LogP contribution in [0.4, 0.5) is 0 Å². The van der Waals surface area contributed by atoms with E-state index in [2.05, 4.69) is 4.74 Å². The van der Waals surface area contributed by atoms with Gasteiger partial charge in [-0.2, -0.15) is 0 Å². The first-order valence-electron chi connectivity index (χ1n) is 7.26. The molecule has 1 heterocycles. The molecule has 2 aromatic carbocycles. The number of aromatic hydroxyl groups is 2. The average Bonchev–Trinajstić information content (AvgIpc) is 2.57. The molecular weight excluding hydrogens is 328 g/mol. The zero-order valence-corrected chi connectivity index (χ0v) is 13.4. The van der Waals surface area contributed by atoms with Crippen molar-refractivity contribution in [2.45, 2.75) is 6.92 Å². The van der Waals surface area contributed by atoms with Gasteiger partial charge >= 0.3 is 5.97 Å². The third-order valence-electron chi connectivity index (χ3n) is 3.58. The van der Waals surface area contributed by atoms with E-state index < -0.39 is 17.1 Å². The molecule has 3 rings (SSSR count). The van der Waals surface area contributed by atoms with Crippen molar-refractivity contribution < 1.29 is 28.9 Å². The highest BCUT2D eigenvalue weighted by Gasteiger charge is 2.18. The van der Waals surface area contributed by atoms with E-state index in [1.54, 1.807) is 0 Å². The molecule has 7 nitrogen and oxygen atoms in total. The zero-order valence-electron chi connectivity index (χ0n) is 13.4. The van der Waals surface area contributed by atoms with Crippen LogP contribution in [0.25, 0.3) is 11.0 Å². The number of methoxy groups -OCH3 is 1. The molecule has 0 unspecified atom stereocenters. The van der Waals surface area contributed by atoms with E-state index in [1.165, 1.54) is 44.4 Å². The van der Waals surface area contributed by atoms with Crippen LogP contribution in [0.5, 0.6) is 23.0 Å². The van der Waals surface area contributed by atoms with Crippen LogP contribution in [0, 0.1) is 6.92 Å². The second kappa shape index (κ2) is 6.20. The Kier molecular flexibility index (Phi) is 4.06. The van der Waals surface area contributed by atoms with Crippen LogP contribution >= 0.6 is 0 Å². The minimum Gasteiger partial charge on any atom is -0.508 e. The van der Waals surface area contributed by atoms with Gasteiger partial charge in [0.25, 0.3) is 0 Å². The maximum Gasteiger partial charge on any atom is 0.337 e. The molecule has 0 saturated heterocycles. The van der Waals surface area contributed by atoms with Crippen LogP contribution < -0.4 is 10.2 Å². The van der Waals surface area contributed by atoms with E-state index in [1.807, 2.05) is 0 Å². The number of phenols is 2. The molecule has 0 saturated carbocycles. The Balaban J connectivity index is 2.04. The summed E-state index contributed by atoms with van der Waals surface area (Å²) in [6, 6.07) is 8.28. The summed E-state index contributed by atoms with van der Waals surface area (Å²) in [5, 5.41) is 19.3. The van der Waals surface area contributed by atoms with Gasteiger partial charge in [0.2, 0.25) is 11.2 Å². The van der Waals surface area contributed by atoms with E-state index in [0.717, 1.165) is 6.07 Å². The summed E-state index contributed by atoms with van der Waals surface area (Å²) in [4.78, 5) is 24.0. The lowest BCUT2D eigenvalue weighted by atomic mass is 10.1. The molecule has 7 heteroatoms. The molecule has 0 aliphatic carbocycles. The van der Waals surface area contributed by atoms with E-state index >= 15 is 0 Å². The number of phenolic OH excluding ortho intramolecular Hbond substituents is 2. The molecule has 0 aliphatic heterocycles. The van der Waals surface area contributed by atoms with Crippen molar-refractivity contribution in [1.82, 2.24) is 0 Å². The minimum absolute atomic E-state index is 0.0494. The fourth-order valence-electron chi connectivity index (χ4n) is 2.39. The number of aryl methyl sites for hydroxylation is 1. The topological polar surface area (TPSA) is 106 Å². The molecule has 0 bridgehead atoms. The number of hydrogen-bond donors (Lipinski definition) is 2. The van der Waals surface area contributed by atoms with Crippen LogP contribution in [0.1, 0.15) is 16.1 Å². The Labute approximate surface area is 141 Å². The van der Waals surface area contributed by atoms with Gasteiger partial charge in [-0.15, -0.1) is 0 Å². The normalized spacial score (nSPS) is 10.6. The van der Waals surface area contributed by atoms with Gasteiger partial charge in [0.1, 0.15) is 34.0 Å². The number of rotatable bonds is 3. The maximum atomic E-state index is 12.6. The van der Waals surface area contributed by atoms with Crippen molar-refractivity contribution in [3.63, 3.8) is 0 Å². The van der Waals surface area contributed by atoms with Gasteiger partial charge in [-0.05, 0) is 31.2 Å². The summed E-state index contributed by atoms with van der Waals surface area (Å²) in [5.41, 5.74) is -0.188. The van der Waals surface area contributed by atoms with Gasteiger partial charge in [0.05, 0.1) is 12.7 Å². The number of ether oxygens (including phenoxy) is 2. The van der Waals surface area contributed by atoms with Crippen LogP contribution in [0.2, 0.25) is 0 Å². The largest absolute Gasteiger partial charge is 0.508 e. The van der Waals surface area contributed by atoms with Crippen molar-refractivity contribution >= 4 is 16.9 Å². The standard InChI is InChI=1S/C18H14O7/c1-9-17(25-12-5-3-10(4-6-12)18(22)23-2)16(21)15-13(20)7-11(19)8-14(15)24-9/h3-8,19-20H,1-2H3. The van der Waals surface area contributed by atoms with Gasteiger partial charge in [0.15, 0.2) is 0 Å². The van der Waals surface area contributed by atoms with Gasteiger partial charge in [0, 0.05) is 12.1 Å². The highest BCUT2D eigenvalue weighted by atomic mass is 16.5. The van der Waals surface area contributed by atoms with E-state index in [-0.39, 0.29) is 28.2 Å². The SMILES string of the molecule is COC(=O)c1ccc(Oc2c(C)oc3cc(O)cc(O)c3c2=O)cc1. The summed E-state index contributed by atoms with van der Waals surface area (Å²) < 4.78 is 15.6. The Hall–Kier alpha value is -3.48. The molecule has 0 aliphatic rings. The predicted octanol–water partition coefficient (Wildman–Crippen LogP) is 3.09. The van der Waals surface area contributed by atoms with Crippen LogP contribution in [-0.2, 0) is 4.74 Å². The number of benzene rings is 2. The van der Waals surface area contributed by atoms with Crippen molar-refractivity contribution in [2.75, 3.05) is 7.11 Å². The summed E-state index contributed by atoms with van der Waals surface area (Å²) in [6.07, 6.45) is 0. The molecule has 0 spiro atoms. The molecule has 25 heavy (non-hydrogen) atoms. The van der Waals surface area contributed by atoms with E-state index in [0.29, 0.717) is 11.3 Å². The molecular formula is C18H14O7. The van der Waals surface area contributed by atoms with Crippen LogP contribution in [-0.4, -0.2) is 23.3 Å². The number of carbonyl (C=O) groups excluding carboxylic acids is 1. The minimum atomic E-state index is -0.576. The Morgan fingerprint density at radius 2 is 1.80 bits per heavy atom. The van der Waals surface area contributed by atoms with Crippen molar-refractivity contribution in [2.24, 2.45) is 0 Å². The molecule has 2 N–H and O–H groups in total. The average molecular weight is 342 g/mol. The van der Waals surface area contributed by atoms with Crippen molar-refractivity contribution in [3.05, 3.63) is 57.9 Å². The fourth-order valence-corrected chi connectivity index (χ4v) is 2.39. The summed E-state index contributed by atoms with van der Waals surface area (Å²) in [5.74, 6) is -0.730. The highest BCUT2D eigenvalue weighted by Crippen LogP contribution is 2.32. The number of esters is 1. The molecule has 0 atom stereocenters. The fraction of sp³-hybridized carbons (Fsp3) is 0.111. The zero-order chi connectivity index (χ0) is 18.1. The van der Waals surface area contributed by atoms with Crippen molar-refractivity contribution in [3.8, 4) is 23.0 Å². The first-order chi connectivity index (χ1) is 11.9. The lowest BCUT2D eigenvalue weighted by Crippen LogP contribution is -2.08. The highest BCUT2D eigenvalue weighted by molar-refractivity contribution is 5.89. The summed E-state index contributed by atoms with van der Waals surface area (Å²) in [7, 11) is 1.28. The molecule has 128 valence electrons. The first-order valence-corrected chi connectivity index (χ1v) is 7.26. The Morgan fingerprint density at radius 3 is 2.44 bits per heavy atom. The second-order valence-electron chi connectivity index (χ2n) is 5.27. The predicted molar refractivity (Wildman–Crippen MR) is 88.4 cm³/mol. The van der Waals surface area contributed by atoms with E-state index in [4.69, 9.17) is 9.15 Å². The first kappa shape index (κ1) is 16.4. The van der Waals surface area contributed by atoms with E-state index in [9.17, 15) is 19.8 Å². The smallest absolute Gasteiger partial charge is 0.337 e. The second-order valence-corrected chi connectivity index (χ2v) is 5.27. The van der Waals surface area contributed by atoms with Gasteiger partial charge in [-0.3, -0.25) is 4.79 Å².